The molecule has 1 N–H and O–H groups in total. The zero-order chi connectivity index (χ0) is 19.4. The van der Waals surface area contributed by atoms with E-state index in [1.807, 2.05) is 30.3 Å². The van der Waals surface area contributed by atoms with Crippen molar-refractivity contribution in [3.8, 4) is 0 Å². The molecule has 146 valence electrons. The second-order valence-electron chi connectivity index (χ2n) is 9.52. The van der Waals surface area contributed by atoms with Crippen LogP contribution in [0.1, 0.15) is 55.1 Å². The molecule has 28 heavy (non-hydrogen) atoms. The second-order valence-corrected chi connectivity index (χ2v) is 9.52. The number of amides is 1. The van der Waals surface area contributed by atoms with Crippen molar-refractivity contribution in [2.75, 3.05) is 6.61 Å². The fourth-order valence-electron chi connectivity index (χ4n) is 6.56. The largest absolute Gasteiger partial charge is 0.373 e. The van der Waals surface area contributed by atoms with Gasteiger partial charge in [0.2, 0.25) is 0 Å². The molecule has 1 spiro atoms. The fourth-order valence-corrected chi connectivity index (χ4v) is 6.56. The normalized spacial score (nSPS) is 35.4. The van der Waals surface area contributed by atoms with Gasteiger partial charge in [0.1, 0.15) is 0 Å². The van der Waals surface area contributed by atoms with Crippen molar-refractivity contribution in [3.63, 3.8) is 0 Å². The van der Waals surface area contributed by atoms with Gasteiger partial charge in [-0.15, -0.1) is 0 Å². The standard InChI is InChI=1S/C25H29NO2/c1-24(2)19-15-20-21(17-9-5-3-6-10-17)28-14-13-25(20,16-19)23(24)26-22(27)18-11-7-4-8-12-18/h3-12,19-21,23H,13-16H2,1-2H3,(H,26,27)/t19-,20-,21-,23+,25-/m1/s1. The number of hydrogen-bond donors (Lipinski definition) is 1. The summed E-state index contributed by atoms with van der Waals surface area (Å²) in [5.41, 5.74) is 2.28. The van der Waals surface area contributed by atoms with Crippen LogP contribution >= 0.6 is 0 Å². The summed E-state index contributed by atoms with van der Waals surface area (Å²) in [6, 6.07) is 20.5. The first-order chi connectivity index (χ1) is 13.5. The Labute approximate surface area is 167 Å². The van der Waals surface area contributed by atoms with E-state index < -0.39 is 0 Å². The molecule has 1 saturated heterocycles. The van der Waals surface area contributed by atoms with E-state index in [2.05, 4.69) is 49.5 Å². The predicted molar refractivity (Wildman–Crippen MR) is 110 cm³/mol. The summed E-state index contributed by atoms with van der Waals surface area (Å²) < 4.78 is 6.32. The van der Waals surface area contributed by atoms with E-state index in [1.165, 1.54) is 18.4 Å². The number of ether oxygens (including phenoxy) is 1. The van der Waals surface area contributed by atoms with Gasteiger partial charge < -0.3 is 10.1 Å². The van der Waals surface area contributed by atoms with Crippen LogP contribution in [0, 0.1) is 22.7 Å². The van der Waals surface area contributed by atoms with Crippen molar-refractivity contribution in [3.05, 3.63) is 71.8 Å². The first kappa shape index (κ1) is 17.9. The zero-order valence-corrected chi connectivity index (χ0v) is 16.7. The Hall–Kier alpha value is -2.13. The minimum Gasteiger partial charge on any atom is -0.373 e. The number of fused-ring (bicyclic) bond motifs is 1. The molecule has 2 aromatic carbocycles. The smallest absolute Gasteiger partial charge is 0.251 e. The highest BCUT2D eigenvalue weighted by Gasteiger charge is 2.68. The van der Waals surface area contributed by atoms with Gasteiger partial charge in [-0.3, -0.25) is 4.79 Å². The Bertz CT molecular complexity index is 863. The third kappa shape index (κ3) is 2.56. The molecule has 2 aromatic rings. The Kier molecular flexibility index (Phi) is 4.13. The van der Waals surface area contributed by atoms with Crippen molar-refractivity contribution >= 4 is 5.91 Å². The lowest BCUT2D eigenvalue weighted by Gasteiger charge is -2.53. The summed E-state index contributed by atoms with van der Waals surface area (Å²) in [6.07, 6.45) is 3.59. The molecule has 5 rings (SSSR count). The van der Waals surface area contributed by atoms with E-state index in [4.69, 9.17) is 4.74 Å². The van der Waals surface area contributed by atoms with Crippen molar-refractivity contribution in [1.29, 1.82) is 0 Å². The van der Waals surface area contributed by atoms with Gasteiger partial charge >= 0.3 is 0 Å². The Morgan fingerprint density at radius 3 is 2.43 bits per heavy atom. The molecule has 5 atom stereocenters. The van der Waals surface area contributed by atoms with Gasteiger partial charge in [0.15, 0.2) is 0 Å². The summed E-state index contributed by atoms with van der Waals surface area (Å²) in [7, 11) is 0. The highest BCUT2D eigenvalue weighted by atomic mass is 16.5. The number of carbonyl (C=O) groups is 1. The van der Waals surface area contributed by atoms with Crippen molar-refractivity contribution < 1.29 is 9.53 Å². The molecule has 3 aliphatic rings. The maximum atomic E-state index is 13.0. The van der Waals surface area contributed by atoms with Crippen LogP contribution in [0.2, 0.25) is 0 Å². The highest BCUT2D eigenvalue weighted by molar-refractivity contribution is 5.94. The first-order valence-corrected chi connectivity index (χ1v) is 10.5. The van der Waals surface area contributed by atoms with Gasteiger partial charge in [-0.25, -0.2) is 0 Å². The summed E-state index contributed by atoms with van der Waals surface area (Å²) in [5.74, 6) is 1.16. The number of benzene rings is 2. The van der Waals surface area contributed by atoms with Crippen LogP contribution in [0.3, 0.4) is 0 Å². The van der Waals surface area contributed by atoms with E-state index in [-0.39, 0.29) is 28.9 Å². The van der Waals surface area contributed by atoms with Crippen molar-refractivity contribution in [1.82, 2.24) is 5.32 Å². The first-order valence-electron chi connectivity index (χ1n) is 10.5. The van der Waals surface area contributed by atoms with Crippen LogP contribution in [0.4, 0.5) is 0 Å². The van der Waals surface area contributed by atoms with Crippen LogP contribution < -0.4 is 5.32 Å². The molecule has 3 fully saturated rings. The van der Waals surface area contributed by atoms with Crippen LogP contribution in [0.15, 0.2) is 60.7 Å². The lowest BCUT2D eigenvalue weighted by molar-refractivity contribution is -0.120. The molecule has 2 aliphatic carbocycles. The molecule has 0 aromatic heterocycles. The molecule has 0 radical (unpaired) electrons. The molecule has 3 heteroatoms. The lowest BCUT2D eigenvalue weighted by atomic mass is 9.59. The number of nitrogens with one attached hydrogen (secondary N) is 1. The maximum absolute atomic E-state index is 13.0. The van der Waals surface area contributed by atoms with Gasteiger partial charge in [-0.05, 0) is 59.6 Å². The highest BCUT2D eigenvalue weighted by Crippen LogP contribution is 2.70. The zero-order valence-electron chi connectivity index (χ0n) is 16.7. The average molecular weight is 376 g/mol. The van der Waals surface area contributed by atoms with Gasteiger partial charge in [0.25, 0.3) is 5.91 Å². The fraction of sp³-hybridized carbons (Fsp3) is 0.480. The second kappa shape index (κ2) is 6.45. The van der Waals surface area contributed by atoms with Crippen LogP contribution in [0.25, 0.3) is 0 Å². The Morgan fingerprint density at radius 1 is 1.04 bits per heavy atom. The lowest BCUT2D eigenvalue weighted by Crippen LogP contribution is -2.58. The third-order valence-corrected chi connectivity index (χ3v) is 7.94. The van der Waals surface area contributed by atoms with E-state index in [9.17, 15) is 4.79 Å². The van der Waals surface area contributed by atoms with Crippen molar-refractivity contribution in [2.45, 2.75) is 45.3 Å². The summed E-state index contributed by atoms with van der Waals surface area (Å²) in [4.78, 5) is 13.0. The minimum atomic E-state index is 0.0575. The van der Waals surface area contributed by atoms with Gasteiger partial charge in [-0.1, -0.05) is 62.4 Å². The van der Waals surface area contributed by atoms with Crippen LogP contribution in [-0.2, 0) is 4.74 Å². The molecular formula is C25H29NO2. The maximum Gasteiger partial charge on any atom is 0.251 e. The molecule has 1 amide bonds. The topological polar surface area (TPSA) is 38.3 Å². The van der Waals surface area contributed by atoms with E-state index in [1.54, 1.807) is 0 Å². The molecule has 3 nitrogen and oxygen atoms in total. The number of hydrogen-bond acceptors (Lipinski definition) is 2. The number of rotatable bonds is 3. The van der Waals surface area contributed by atoms with E-state index in [0.717, 1.165) is 18.6 Å². The van der Waals surface area contributed by atoms with Crippen LogP contribution in [0.5, 0.6) is 0 Å². The number of carbonyl (C=O) groups excluding carboxylic acids is 1. The van der Waals surface area contributed by atoms with Gasteiger partial charge in [0.05, 0.1) is 6.10 Å². The van der Waals surface area contributed by atoms with E-state index >= 15 is 0 Å². The molecular weight excluding hydrogens is 346 g/mol. The summed E-state index contributed by atoms with van der Waals surface area (Å²) in [5, 5.41) is 3.48. The Morgan fingerprint density at radius 2 is 1.71 bits per heavy atom. The van der Waals surface area contributed by atoms with Gasteiger partial charge in [-0.2, -0.15) is 0 Å². The molecule has 1 heterocycles. The SMILES string of the molecule is CC1(C)[C@@H]2C[C@@H]3[C@@H](c4ccccc4)OCC[C@]3(C2)[C@H]1NC(=O)c1ccccc1. The third-order valence-electron chi connectivity index (χ3n) is 7.94. The molecule has 2 bridgehead atoms. The molecule has 0 unspecified atom stereocenters. The van der Waals surface area contributed by atoms with E-state index in [0.29, 0.717) is 11.8 Å². The van der Waals surface area contributed by atoms with Gasteiger partial charge in [0, 0.05) is 18.2 Å². The molecule has 1 aliphatic heterocycles. The van der Waals surface area contributed by atoms with Crippen LogP contribution in [-0.4, -0.2) is 18.6 Å². The van der Waals surface area contributed by atoms with Crippen molar-refractivity contribution in [2.24, 2.45) is 22.7 Å². The monoisotopic (exact) mass is 375 g/mol. The summed E-state index contributed by atoms with van der Waals surface area (Å²) in [6.45, 7) is 5.48. The average Bonchev–Trinajstić information content (AvgIpc) is 3.21. The summed E-state index contributed by atoms with van der Waals surface area (Å²) >= 11 is 0. The molecule has 2 saturated carbocycles. The minimum absolute atomic E-state index is 0.0575. The predicted octanol–water partition coefficient (Wildman–Crippen LogP) is 5.00. The Balaban J connectivity index is 1.48. The quantitative estimate of drug-likeness (QED) is 0.820.